The van der Waals surface area contributed by atoms with Crippen LogP contribution in [0.25, 0.3) is 10.1 Å². The Morgan fingerprint density at radius 1 is 1.03 bits per heavy atom. The molecule has 0 aliphatic rings. The fraction of sp³-hybridized carbons (Fsp3) is 0.150. The minimum atomic E-state index is -4.48. The van der Waals surface area contributed by atoms with E-state index in [4.69, 9.17) is 16.3 Å². The molecule has 2 N–H and O–H groups in total. The fourth-order valence-corrected chi connectivity index (χ4v) is 3.96. The van der Waals surface area contributed by atoms with E-state index in [-0.39, 0.29) is 15.6 Å². The number of fused-ring (bicyclic) bond motifs is 1. The molecule has 1 heterocycles. The van der Waals surface area contributed by atoms with E-state index >= 15 is 0 Å². The van der Waals surface area contributed by atoms with Crippen LogP contribution >= 0.6 is 22.9 Å². The quantitative estimate of drug-likeness (QED) is 0.520. The van der Waals surface area contributed by atoms with Gasteiger partial charge in [0.1, 0.15) is 11.4 Å². The summed E-state index contributed by atoms with van der Waals surface area (Å²) in [5, 5.41) is 5.67. The van der Waals surface area contributed by atoms with Crippen LogP contribution in [0.4, 0.5) is 18.9 Å². The summed E-state index contributed by atoms with van der Waals surface area (Å²) in [5.74, 6) is -2.17. The molecule has 0 aliphatic carbocycles. The van der Waals surface area contributed by atoms with Crippen molar-refractivity contribution < 1.29 is 32.3 Å². The molecule has 2 aromatic carbocycles. The van der Waals surface area contributed by atoms with Crippen LogP contribution in [0.3, 0.4) is 0 Å². The minimum Gasteiger partial charge on any atom is -0.454 e. The molecule has 3 aromatic rings. The number of carbonyl (C=O) groups is 3. The molecule has 0 saturated heterocycles. The molecule has 3 rings (SSSR count). The van der Waals surface area contributed by atoms with Crippen LogP contribution in [-0.2, 0) is 20.5 Å². The number of alkyl halides is 3. The summed E-state index contributed by atoms with van der Waals surface area (Å²) in [6.07, 6.45) is -4.48. The normalized spacial score (nSPS) is 11.2. The highest BCUT2D eigenvalue weighted by molar-refractivity contribution is 7.21. The van der Waals surface area contributed by atoms with Gasteiger partial charge in [0.25, 0.3) is 11.8 Å². The minimum absolute atomic E-state index is 0.113. The maximum Gasteiger partial charge on any atom is 0.416 e. The third-order valence-corrected chi connectivity index (χ3v) is 5.67. The third kappa shape index (κ3) is 5.74. The van der Waals surface area contributed by atoms with Gasteiger partial charge >= 0.3 is 12.1 Å². The molecule has 2 amide bonds. The summed E-state index contributed by atoms with van der Waals surface area (Å²) in [4.78, 5) is 36.1. The van der Waals surface area contributed by atoms with Crippen LogP contribution in [0.2, 0.25) is 5.02 Å². The molecule has 0 aliphatic heterocycles. The summed E-state index contributed by atoms with van der Waals surface area (Å²) in [6, 6.07) is 11.0. The van der Waals surface area contributed by atoms with Crippen molar-refractivity contribution in [3.8, 4) is 0 Å². The van der Waals surface area contributed by atoms with Crippen molar-refractivity contribution in [3.05, 3.63) is 64.0 Å². The predicted molar refractivity (Wildman–Crippen MR) is 110 cm³/mol. The van der Waals surface area contributed by atoms with E-state index in [1.54, 1.807) is 12.1 Å². The lowest BCUT2D eigenvalue weighted by Gasteiger charge is -2.09. The molecule has 162 valence electrons. The van der Waals surface area contributed by atoms with Crippen molar-refractivity contribution in [2.24, 2.45) is 0 Å². The largest absolute Gasteiger partial charge is 0.454 e. The number of anilines is 1. The van der Waals surface area contributed by atoms with Crippen molar-refractivity contribution in [2.75, 3.05) is 18.5 Å². The van der Waals surface area contributed by atoms with Crippen LogP contribution < -0.4 is 10.6 Å². The summed E-state index contributed by atoms with van der Waals surface area (Å²) in [6.45, 7) is -1.16. The second-order valence-electron chi connectivity index (χ2n) is 6.21. The number of rotatable bonds is 6. The zero-order valence-corrected chi connectivity index (χ0v) is 17.2. The number of nitrogens with one attached hydrogen (secondary N) is 2. The molecule has 11 heteroatoms. The van der Waals surface area contributed by atoms with Crippen molar-refractivity contribution in [1.29, 1.82) is 0 Å². The van der Waals surface area contributed by atoms with E-state index in [9.17, 15) is 27.6 Å². The van der Waals surface area contributed by atoms with E-state index in [0.29, 0.717) is 0 Å². The molecule has 31 heavy (non-hydrogen) atoms. The molecule has 0 fully saturated rings. The summed E-state index contributed by atoms with van der Waals surface area (Å²) in [7, 11) is 0. The average molecular weight is 471 g/mol. The van der Waals surface area contributed by atoms with Gasteiger partial charge in [0.15, 0.2) is 6.61 Å². The van der Waals surface area contributed by atoms with E-state index in [1.165, 1.54) is 11.3 Å². The number of benzene rings is 2. The van der Waals surface area contributed by atoms with E-state index < -0.39 is 42.7 Å². The molecule has 0 radical (unpaired) electrons. The summed E-state index contributed by atoms with van der Waals surface area (Å²) in [5.41, 5.74) is -0.742. The summed E-state index contributed by atoms with van der Waals surface area (Å²) < 4.78 is 43.1. The van der Waals surface area contributed by atoms with Crippen molar-refractivity contribution in [2.45, 2.75) is 6.18 Å². The van der Waals surface area contributed by atoms with Crippen LogP contribution in [0.1, 0.15) is 15.2 Å². The molecule has 0 saturated carbocycles. The standard InChI is InChI=1S/C20H14ClF3N2O4S/c21-17-13-3-1-2-4-14(13)31-18(17)19(29)25-9-16(28)30-10-15(27)26-12-7-5-11(6-8-12)20(22,23)24/h1-8H,9-10H2,(H,25,29)(H,26,27). The van der Waals surface area contributed by atoms with Crippen LogP contribution in [-0.4, -0.2) is 30.9 Å². The lowest BCUT2D eigenvalue weighted by molar-refractivity contribution is -0.146. The number of amides is 2. The Morgan fingerprint density at radius 2 is 1.71 bits per heavy atom. The maximum absolute atomic E-state index is 12.5. The second-order valence-corrected chi connectivity index (χ2v) is 7.64. The topological polar surface area (TPSA) is 84.5 Å². The molecular formula is C20H14ClF3N2O4S. The predicted octanol–water partition coefficient (Wildman–Crippen LogP) is 4.49. The van der Waals surface area contributed by atoms with E-state index in [0.717, 1.165) is 34.4 Å². The first kappa shape index (κ1) is 22.6. The van der Waals surface area contributed by atoms with Crippen molar-refractivity contribution in [1.82, 2.24) is 5.32 Å². The van der Waals surface area contributed by atoms with Gasteiger partial charge in [-0.25, -0.2) is 0 Å². The second kappa shape index (κ2) is 9.36. The van der Waals surface area contributed by atoms with Crippen LogP contribution in [0.5, 0.6) is 0 Å². The van der Waals surface area contributed by atoms with Gasteiger partial charge in [-0.3, -0.25) is 14.4 Å². The highest BCUT2D eigenvalue weighted by Crippen LogP contribution is 2.35. The Kier molecular flexibility index (Phi) is 6.81. The number of thiophene rings is 1. The molecule has 0 spiro atoms. The molecule has 0 bridgehead atoms. The number of hydrogen-bond donors (Lipinski definition) is 2. The Balaban J connectivity index is 1.45. The Labute approximate surface area is 182 Å². The number of ether oxygens (including phenoxy) is 1. The van der Waals surface area contributed by atoms with Gasteiger partial charge in [-0.2, -0.15) is 13.2 Å². The molecule has 6 nitrogen and oxygen atoms in total. The Hall–Kier alpha value is -3.11. The number of halogens is 4. The summed E-state index contributed by atoms with van der Waals surface area (Å²) >= 11 is 7.37. The van der Waals surface area contributed by atoms with Gasteiger partial charge in [0.05, 0.1) is 10.6 Å². The van der Waals surface area contributed by atoms with Gasteiger partial charge in [0.2, 0.25) is 0 Å². The highest BCUT2D eigenvalue weighted by atomic mass is 35.5. The number of hydrogen-bond acceptors (Lipinski definition) is 5. The first-order valence-corrected chi connectivity index (χ1v) is 9.92. The molecule has 1 aromatic heterocycles. The van der Waals surface area contributed by atoms with Gasteiger partial charge in [-0.15, -0.1) is 11.3 Å². The molecule has 0 atom stereocenters. The third-order valence-electron chi connectivity index (χ3n) is 3.99. The Bertz CT molecular complexity index is 1130. The van der Waals surface area contributed by atoms with Crippen molar-refractivity contribution >= 4 is 56.5 Å². The maximum atomic E-state index is 12.5. The van der Waals surface area contributed by atoms with Gasteiger partial charge in [-0.1, -0.05) is 29.8 Å². The first-order valence-electron chi connectivity index (χ1n) is 8.73. The molecule has 0 unspecified atom stereocenters. The van der Waals surface area contributed by atoms with Crippen molar-refractivity contribution in [3.63, 3.8) is 0 Å². The molecular weight excluding hydrogens is 457 g/mol. The Morgan fingerprint density at radius 3 is 2.35 bits per heavy atom. The fourth-order valence-electron chi connectivity index (χ4n) is 2.53. The highest BCUT2D eigenvalue weighted by Gasteiger charge is 2.30. The zero-order chi connectivity index (χ0) is 22.6. The number of esters is 1. The van der Waals surface area contributed by atoms with Gasteiger partial charge < -0.3 is 15.4 Å². The zero-order valence-electron chi connectivity index (χ0n) is 15.6. The number of carbonyl (C=O) groups excluding carboxylic acids is 3. The van der Waals surface area contributed by atoms with E-state index in [1.807, 2.05) is 12.1 Å². The lowest BCUT2D eigenvalue weighted by atomic mass is 10.2. The van der Waals surface area contributed by atoms with Crippen LogP contribution in [0, 0.1) is 0 Å². The van der Waals surface area contributed by atoms with Crippen LogP contribution in [0.15, 0.2) is 48.5 Å². The monoisotopic (exact) mass is 470 g/mol. The van der Waals surface area contributed by atoms with Gasteiger partial charge in [0, 0.05) is 15.8 Å². The smallest absolute Gasteiger partial charge is 0.416 e. The van der Waals surface area contributed by atoms with E-state index in [2.05, 4.69) is 10.6 Å². The lowest BCUT2D eigenvalue weighted by Crippen LogP contribution is -2.32. The average Bonchev–Trinajstić information content (AvgIpc) is 3.07. The first-order chi connectivity index (χ1) is 14.6. The SMILES string of the molecule is O=C(COC(=O)CNC(=O)c1sc2ccccc2c1Cl)Nc1ccc(C(F)(F)F)cc1. The van der Waals surface area contributed by atoms with Gasteiger partial charge in [-0.05, 0) is 30.3 Å².